The van der Waals surface area contributed by atoms with E-state index in [0.717, 1.165) is 13.1 Å². The zero-order valence-electron chi connectivity index (χ0n) is 5.85. The highest BCUT2D eigenvalue weighted by Gasteiger charge is 2.26. The van der Waals surface area contributed by atoms with Gasteiger partial charge in [0.15, 0.2) is 0 Å². The fourth-order valence-electron chi connectivity index (χ4n) is 1.04. The summed E-state index contributed by atoms with van der Waals surface area (Å²) >= 11 is 0. The Labute approximate surface area is 60.8 Å². The predicted molar refractivity (Wildman–Crippen MR) is 39.3 cm³/mol. The van der Waals surface area contributed by atoms with Gasteiger partial charge in [-0.05, 0) is 0 Å². The summed E-state index contributed by atoms with van der Waals surface area (Å²) in [6.07, 6.45) is 5.43. The quantitative estimate of drug-likeness (QED) is 0.405. The van der Waals surface area contributed by atoms with Crippen LogP contribution in [-0.4, -0.2) is 30.5 Å². The molecule has 0 radical (unpaired) electrons. The molecule has 1 heterocycles. The smallest absolute Gasteiger partial charge is 0.139 e. The number of nitrogens with one attached hydrogen (secondary N) is 2. The van der Waals surface area contributed by atoms with E-state index in [4.69, 9.17) is 6.42 Å². The number of hydrogen-bond acceptors (Lipinski definition) is 3. The third-order valence-electron chi connectivity index (χ3n) is 1.57. The summed E-state index contributed by atoms with van der Waals surface area (Å²) < 4.78 is 0. The molecule has 3 nitrogen and oxygen atoms in total. The van der Waals surface area contributed by atoms with E-state index < -0.39 is 5.72 Å². The van der Waals surface area contributed by atoms with Crippen LogP contribution in [-0.2, 0) is 0 Å². The largest absolute Gasteiger partial charge is 0.373 e. The van der Waals surface area contributed by atoms with Crippen molar-refractivity contribution in [1.82, 2.24) is 10.6 Å². The summed E-state index contributed by atoms with van der Waals surface area (Å²) in [6.45, 7) is 2.21. The first-order valence-corrected chi connectivity index (χ1v) is 3.38. The minimum Gasteiger partial charge on any atom is -0.373 e. The highest BCUT2D eigenvalue weighted by molar-refractivity contribution is 4.96. The van der Waals surface area contributed by atoms with Crippen molar-refractivity contribution < 1.29 is 5.11 Å². The molecule has 1 aliphatic heterocycles. The van der Waals surface area contributed by atoms with Gasteiger partial charge in [0.25, 0.3) is 0 Å². The molecule has 0 unspecified atom stereocenters. The van der Waals surface area contributed by atoms with E-state index in [0.29, 0.717) is 13.0 Å². The first-order valence-electron chi connectivity index (χ1n) is 3.38. The first kappa shape index (κ1) is 7.55. The van der Waals surface area contributed by atoms with Gasteiger partial charge >= 0.3 is 0 Å². The van der Waals surface area contributed by atoms with Crippen molar-refractivity contribution in [3.63, 3.8) is 0 Å². The summed E-state index contributed by atoms with van der Waals surface area (Å²) in [6, 6.07) is 0. The number of piperazine rings is 1. The van der Waals surface area contributed by atoms with Gasteiger partial charge in [-0.1, -0.05) is 0 Å². The Morgan fingerprint density at radius 3 is 2.90 bits per heavy atom. The number of rotatable bonds is 1. The highest BCUT2D eigenvalue weighted by Crippen LogP contribution is 2.05. The van der Waals surface area contributed by atoms with Gasteiger partial charge in [-0.3, -0.25) is 5.32 Å². The SMILES string of the molecule is C#CC[C@]1(O)CNCCN1. The van der Waals surface area contributed by atoms with Crippen LogP contribution in [0.4, 0.5) is 0 Å². The minimum absolute atomic E-state index is 0.361. The molecule has 0 aromatic rings. The Balaban J connectivity index is 2.42. The second-order valence-electron chi connectivity index (χ2n) is 2.52. The molecule has 0 bridgehead atoms. The summed E-state index contributed by atoms with van der Waals surface area (Å²) in [5.74, 6) is 2.43. The van der Waals surface area contributed by atoms with E-state index in [2.05, 4.69) is 16.6 Å². The zero-order valence-corrected chi connectivity index (χ0v) is 5.85. The molecule has 1 aliphatic rings. The van der Waals surface area contributed by atoms with Crippen LogP contribution in [0.3, 0.4) is 0 Å². The molecule has 10 heavy (non-hydrogen) atoms. The summed E-state index contributed by atoms with van der Waals surface area (Å²) in [7, 11) is 0. The van der Waals surface area contributed by atoms with Crippen molar-refractivity contribution >= 4 is 0 Å². The number of aliphatic hydroxyl groups is 1. The molecule has 1 rings (SSSR count). The van der Waals surface area contributed by atoms with Gasteiger partial charge in [0.05, 0.1) is 6.42 Å². The topological polar surface area (TPSA) is 44.3 Å². The van der Waals surface area contributed by atoms with E-state index in [1.807, 2.05) is 0 Å². The van der Waals surface area contributed by atoms with Crippen molar-refractivity contribution in [2.45, 2.75) is 12.1 Å². The molecule has 0 amide bonds. The Morgan fingerprint density at radius 2 is 2.40 bits per heavy atom. The summed E-state index contributed by atoms with van der Waals surface area (Å²) in [5, 5.41) is 15.6. The first-order chi connectivity index (χ1) is 4.77. The molecular weight excluding hydrogens is 128 g/mol. The molecule has 56 valence electrons. The van der Waals surface area contributed by atoms with Crippen molar-refractivity contribution in [2.75, 3.05) is 19.6 Å². The summed E-state index contributed by atoms with van der Waals surface area (Å²) in [5.41, 5.74) is -0.868. The van der Waals surface area contributed by atoms with Crippen LogP contribution in [0.25, 0.3) is 0 Å². The molecular formula is C7H12N2O. The van der Waals surface area contributed by atoms with Crippen LogP contribution in [0.2, 0.25) is 0 Å². The molecule has 1 fully saturated rings. The van der Waals surface area contributed by atoms with Crippen molar-refractivity contribution in [3.05, 3.63) is 0 Å². The Hall–Kier alpha value is -0.560. The fourth-order valence-corrected chi connectivity index (χ4v) is 1.04. The van der Waals surface area contributed by atoms with Crippen LogP contribution in [0.5, 0.6) is 0 Å². The van der Waals surface area contributed by atoms with E-state index in [-0.39, 0.29) is 0 Å². The molecule has 0 aromatic heterocycles. The second kappa shape index (κ2) is 3.02. The average molecular weight is 140 g/mol. The Bertz CT molecular complexity index is 144. The lowest BCUT2D eigenvalue weighted by molar-refractivity contribution is -0.00137. The Morgan fingerprint density at radius 1 is 1.60 bits per heavy atom. The van der Waals surface area contributed by atoms with Gasteiger partial charge in [0.2, 0.25) is 0 Å². The molecule has 1 atom stereocenters. The number of β-amino-alcohol motifs (C(OH)–C–C–N with tert-alkyl or cyclic N) is 1. The van der Waals surface area contributed by atoms with Gasteiger partial charge in [-0.25, -0.2) is 0 Å². The number of hydrogen-bond donors (Lipinski definition) is 3. The van der Waals surface area contributed by atoms with Gasteiger partial charge < -0.3 is 10.4 Å². The molecule has 0 spiro atoms. The van der Waals surface area contributed by atoms with E-state index in [1.165, 1.54) is 0 Å². The van der Waals surface area contributed by atoms with E-state index in [1.54, 1.807) is 0 Å². The van der Waals surface area contributed by atoms with Gasteiger partial charge in [0, 0.05) is 19.6 Å². The third-order valence-corrected chi connectivity index (χ3v) is 1.57. The van der Waals surface area contributed by atoms with Crippen LogP contribution in [0, 0.1) is 12.3 Å². The lowest BCUT2D eigenvalue weighted by Crippen LogP contribution is -2.58. The van der Waals surface area contributed by atoms with Gasteiger partial charge in [-0.2, -0.15) is 0 Å². The van der Waals surface area contributed by atoms with Crippen LogP contribution >= 0.6 is 0 Å². The molecule has 3 heteroatoms. The normalized spacial score (nSPS) is 33.2. The molecule has 0 aliphatic carbocycles. The lowest BCUT2D eigenvalue weighted by atomic mass is 10.1. The maximum atomic E-state index is 9.56. The highest BCUT2D eigenvalue weighted by atomic mass is 16.3. The predicted octanol–water partition coefficient (Wildman–Crippen LogP) is -1.11. The Kier molecular flexibility index (Phi) is 2.28. The maximum Gasteiger partial charge on any atom is 0.139 e. The van der Waals surface area contributed by atoms with E-state index >= 15 is 0 Å². The van der Waals surface area contributed by atoms with Crippen LogP contribution in [0.1, 0.15) is 6.42 Å². The van der Waals surface area contributed by atoms with Gasteiger partial charge in [-0.15, -0.1) is 12.3 Å². The second-order valence-corrected chi connectivity index (χ2v) is 2.52. The molecule has 0 aromatic carbocycles. The fraction of sp³-hybridized carbons (Fsp3) is 0.714. The van der Waals surface area contributed by atoms with Crippen molar-refractivity contribution in [3.8, 4) is 12.3 Å². The minimum atomic E-state index is -0.868. The molecule has 3 N–H and O–H groups in total. The summed E-state index contributed by atoms with van der Waals surface area (Å²) in [4.78, 5) is 0. The maximum absolute atomic E-state index is 9.56. The van der Waals surface area contributed by atoms with Crippen molar-refractivity contribution in [1.29, 1.82) is 0 Å². The van der Waals surface area contributed by atoms with E-state index in [9.17, 15) is 5.11 Å². The zero-order chi connectivity index (χ0) is 7.45. The average Bonchev–Trinajstić information content (AvgIpc) is 1.89. The van der Waals surface area contributed by atoms with Crippen molar-refractivity contribution in [2.24, 2.45) is 0 Å². The lowest BCUT2D eigenvalue weighted by Gasteiger charge is -2.32. The third kappa shape index (κ3) is 1.71. The molecule has 1 saturated heterocycles. The van der Waals surface area contributed by atoms with Crippen LogP contribution in [0.15, 0.2) is 0 Å². The molecule has 0 saturated carbocycles. The number of terminal acetylenes is 1. The monoisotopic (exact) mass is 140 g/mol. The standard InChI is InChI=1S/C7H12N2O/c1-2-3-7(10)6-8-4-5-9-7/h1,8-10H,3-6H2/t7-/m0/s1. The van der Waals surface area contributed by atoms with Gasteiger partial charge in [0.1, 0.15) is 5.72 Å². The van der Waals surface area contributed by atoms with Crippen LogP contribution < -0.4 is 10.6 Å².